The van der Waals surface area contributed by atoms with Gasteiger partial charge in [0.2, 0.25) is 0 Å². The van der Waals surface area contributed by atoms with Crippen LogP contribution in [0.25, 0.3) is 0 Å². The van der Waals surface area contributed by atoms with Crippen LogP contribution in [0.1, 0.15) is 43.2 Å². The molecule has 0 aromatic heterocycles. The first-order valence-corrected chi connectivity index (χ1v) is 7.31. The Hall–Kier alpha value is -0.870. The van der Waals surface area contributed by atoms with Gasteiger partial charge in [-0.3, -0.25) is 4.99 Å². The van der Waals surface area contributed by atoms with Crippen molar-refractivity contribution in [1.29, 1.82) is 0 Å². The van der Waals surface area contributed by atoms with Gasteiger partial charge in [0.15, 0.2) is 0 Å². The number of nitrogens with one attached hydrogen (secondary N) is 1. The predicted molar refractivity (Wildman–Crippen MR) is 79.6 cm³/mol. The highest BCUT2D eigenvalue weighted by Crippen LogP contribution is 2.22. The fourth-order valence-corrected chi connectivity index (χ4v) is 2.71. The summed E-state index contributed by atoms with van der Waals surface area (Å²) in [4.78, 5) is 4.75. The van der Waals surface area contributed by atoms with Gasteiger partial charge in [-0.05, 0) is 31.4 Å². The number of hydrazine groups is 1. The highest BCUT2D eigenvalue weighted by atomic mass is 79.9. The van der Waals surface area contributed by atoms with E-state index in [4.69, 9.17) is 10.8 Å². The Bertz CT molecular complexity index is 437. The molecule has 3 nitrogen and oxygen atoms in total. The third-order valence-electron chi connectivity index (χ3n) is 3.47. The average molecular weight is 310 g/mol. The molecule has 1 aliphatic rings. The third-order valence-corrected chi connectivity index (χ3v) is 4.32. The minimum atomic E-state index is 0.421. The van der Waals surface area contributed by atoms with Crippen molar-refractivity contribution >= 4 is 21.8 Å². The van der Waals surface area contributed by atoms with Gasteiger partial charge in [0.05, 0.1) is 6.04 Å². The Morgan fingerprint density at radius 1 is 1.33 bits per heavy atom. The van der Waals surface area contributed by atoms with Crippen molar-refractivity contribution in [1.82, 2.24) is 5.43 Å². The number of hydrogen-bond acceptors (Lipinski definition) is 2. The molecule has 0 amide bonds. The molecule has 0 unspecified atom stereocenters. The summed E-state index contributed by atoms with van der Waals surface area (Å²) in [5.41, 5.74) is 5.00. The molecular formula is C14H20BrN3. The second-order valence-electron chi connectivity index (χ2n) is 4.88. The van der Waals surface area contributed by atoms with E-state index in [0.29, 0.717) is 6.04 Å². The smallest absolute Gasteiger partial charge is 0.142 e. The molecule has 0 aliphatic heterocycles. The van der Waals surface area contributed by atoms with Crippen molar-refractivity contribution in [3.05, 3.63) is 33.8 Å². The van der Waals surface area contributed by atoms with Crippen molar-refractivity contribution < 1.29 is 0 Å². The molecule has 0 bridgehead atoms. The number of rotatable bonds is 2. The second-order valence-corrected chi connectivity index (χ2v) is 5.73. The van der Waals surface area contributed by atoms with Gasteiger partial charge in [-0.25, -0.2) is 5.84 Å². The molecule has 0 saturated heterocycles. The summed E-state index contributed by atoms with van der Waals surface area (Å²) < 4.78 is 1.09. The molecule has 1 aromatic rings. The van der Waals surface area contributed by atoms with Crippen molar-refractivity contribution in [2.24, 2.45) is 10.8 Å². The summed E-state index contributed by atoms with van der Waals surface area (Å²) >= 11 is 3.55. The van der Waals surface area contributed by atoms with Crippen molar-refractivity contribution in [3.63, 3.8) is 0 Å². The number of nitrogens with zero attached hydrogens (tertiary/aromatic N) is 1. The van der Waals surface area contributed by atoms with Gasteiger partial charge in [0.25, 0.3) is 0 Å². The first kappa shape index (κ1) is 13.6. The molecule has 3 N–H and O–H groups in total. The predicted octanol–water partition coefficient (Wildman–Crippen LogP) is 3.30. The summed E-state index contributed by atoms with van der Waals surface area (Å²) in [7, 11) is 0. The van der Waals surface area contributed by atoms with E-state index in [0.717, 1.165) is 15.9 Å². The fourth-order valence-electron chi connectivity index (χ4n) is 2.33. The number of halogens is 1. The maximum Gasteiger partial charge on any atom is 0.142 e. The molecule has 1 aliphatic carbocycles. The molecule has 0 heterocycles. The number of aryl methyl sites for hydroxylation is 1. The van der Waals surface area contributed by atoms with E-state index in [1.807, 2.05) is 0 Å². The van der Waals surface area contributed by atoms with Crippen LogP contribution in [0, 0.1) is 6.92 Å². The zero-order valence-corrected chi connectivity index (χ0v) is 12.3. The summed E-state index contributed by atoms with van der Waals surface area (Å²) in [5, 5.41) is 0. The Balaban J connectivity index is 2.20. The second kappa shape index (κ2) is 6.34. The van der Waals surface area contributed by atoms with Gasteiger partial charge in [-0.1, -0.05) is 47.3 Å². The fraction of sp³-hybridized carbons (Fsp3) is 0.500. The quantitative estimate of drug-likeness (QED) is 0.381. The van der Waals surface area contributed by atoms with E-state index in [1.54, 1.807) is 0 Å². The van der Waals surface area contributed by atoms with E-state index in [9.17, 15) is 0 Å². The van der Waals surface area contributed by atoms with Crippen LogP contribution < -0.4 is 11.3 Å². The molecular weight excluding hydrogens is 290 g/mol. The number of amidine groups is 1. The van der Waals surface area contributed by atoms with Crippen LogP contribution in [0.15, 0.2) is 27.7 Å². The van der Waals surface area contributed by atoms with Gasteiger partial charge in [-0.15, -0.1) is 0 Å². The number of aliphatic imine (C=N–C) groups is 1. The maximum atomic E-state index is 5.61. The first-order valence-electron chi connectivity index (χ1n) is 6.51. The minimum Gasteiger partial charge on any atom is -0.308 e. The first-order chi connectivity index (χ1) is 8.70. The SMILES string of the molecule is Cc1ccc(C(=NC2CCCCC2)NN)cc1Br. The van der Waals surface area contributed by atoms with Crippen molar-refractivity contribution in [2.45, 2.75) is 45.1 Å². The summed E-state index contributed by atoms with van der Waals surface area (Å²) in [6, 6.07) is 6.62. The molecule has 0 atom stereocenters. The molecule has 4 heteroatoms. The number of benzene rings is 1. The zero-order chi connectivity index (χ0) is 13.0. The lowest BCUT2D eigenvalue weighted by atomic mass is 9.96. The van der Waals surface area contributed by atoms with Gasteiger partial charge in [-0.2, -0.15) is 0 Å². The van der Waals surface area contributed by atoms with Gasteiger partial charge >= 0.3 is 0 Å². The van der Waals surface area contributed by atoms with E-state index in [1.165, 1.54) is 37.7 Å². The Morgan fingerprint density at radius 2 is 2.06 bits per heavy atom. The lowest BCUT2D eigenvalue weighted by Crippen LogP contribution is -2.32. The van der Waals surface area contributed by atoms with Crippen LogP contribution in [-0.2, 0) is 0 Å². The van der Waals surface area contributed by atoms with Crippen molar-refractivity contribution in [2.75, 3.05) is 0 Å². The molecule has 1 saturated carbocycles. The van der Waals surface area contributed by atoms with Crippen LogP contribution in [0.4, 0.5) is 0 Å². The summed E-state index contributed by atoms with van der Waals surface area (Å²) in [6.07, 6.45) is 6.26. The van der Waals surface area contributed by atoms with Gasteiger partial charge in [0.1, 0.15) is 5.84 Å². The van der Waals surface area contributed by atoms with Crippen LogP contribution >= 0.6 is 15.9 Å². The minimum absolute atomic E-state index is 0.421. The monoisotopic (exact) mass is 309 g/mol. The van der Waals surface area contributed by atoms with Crippen LogP contribution in [0.3, 0.4) is 0 Å². The van der Waals surface area contributed by atoms with Gasteiger partial charge < -0.3 is 5.43 Å². The van der Waals surface area contributed by atoms with Crippen LogP contribution in [0.5, 0.6) is 0 Å². The van der Waals surface area contributed by atoms with Gasteiger partial charge in [0, 0.05) is 10.0 Å². The molecule has 2 rings (SSSR count). The normalized spacial score (nSPS) is 17.8. The maximum absolute atomic E-state index is 5.61. The molecule has 1 aromatic carbocycles. The highest BCUT2D eigenvalue weighted by molar-refractivity contribution is 9.10. The Labute approximate surface area is 117 Å². The highest BCUT2D eigenvalue weighted by Gasteiger charge is 2.14. The third kappa shape index (κ3) is 3.33. The molecule has 0 spiro atoms. The number of nitrogens with two attached hydrogens (primary N) is 1. The van der Waals surface area contributed by atoms with Crippen LogP contribution in [0.2, 0.25) is 0 Å². The average Bonchev–Trinajstić information content (AvgIpc) is 2.40. The largest absolute Gasteiger partial charge is 0.308 e. The lowest BCUT2D eigenvalue weighted by Gasteiger charge is -2.19. The van der Waals surface area contributed by atoms with E-state index in [-0.39, 0.29) is 0 Å². The lowest BCUT2D eigenvalue weighted by molar-refractivity contribution is 0.442. The summed E-state index contributed by atoms with van der Waals surface area (Å²) in [5.74, 6) is 6.41. The van der Waals surface area contributed by atoms with E-state index < -0.39 is 0 Å². The standard InChI is InChI=1S/C14H20BrN3/c1-10-7-8-11(9-13(10)15)14(18-16)17-12-5-3-2-4-6-12/h7-9,12H,2-6,16H2,1H3,(H,17,18). The summed E-state index contributed by atoms with van der Waals surface area (Å²) in [6.45, 7) is 2.07. The topological polar surface area (TPSA) is 50.4 Å². The molecule has 1 fully saturated rings. The van der Waals surface area contributed by atoms with Crippen molar-refractivity contribution in [3.8, 4) is 0 Å². The van der Waals surface area contributed by atoms with E-state index >= 15 is 0 Å². The molecule has 98 valence electrons. The molecule has 18 heavy (non-hydrogen) atoms. The van der Waals surface area contributed by atoms with Crippen LogP contribution in [-0.4, -0.2) is 11.9 Å². The zero-order valence-electron chi connectivity index (χ0n) is 10.7. The Morgan fingerprint density at radius 3 is 2.67 bits per heavy atom. The Kier molecular flexibility index (Phi) is 4.78. The number of hydrogen-bond donors (Lipinski definition) is 2. The van der Waals surface area contributed by atoms with E-state index in [2.05, 4.69) is 46.5 Å². The molecule has 0 radical (unpaired) electrons.